The number of nitrogen functional groups attached to an aromatic ring is 1. The van der Waals surface area contributed by atoms with Crippen LogP contribution >= 0.6 is 11.6 Å². The molecule has 82 valence electrons. The fraction of sp³-hybridized carbons (Fsp3) is 0.250. The minimum atomic E-state index is -2.82. The molecule has 0 saturated carbocycles. The average Bonchev–Trinajstić information content (AvgIpc) is 2.16. The summed E-state index contributed by atoms with van der Waals surface area (Å²) >= 11 is 5.17. The molecule has 0 aliphatic carbocycles. The second kappa shape index (κ2) is 4.39. The van der Waals surface area contributed by atoms with E-state index in [1.807, 2.05) is 0 Å². The van der Waals surface area contributed by atoms with Crippen LogP contribution in [0.4, 0.5) is 14.6 Å². The van der Waals surface area contributed by atoms with Crippen LogP contribution in [0.1, 0.15) is 22.3 Å². The highest BCUT2D eigenvalue weighted by Crippen LogP contribution is 2.29. The van der Waals surface area contributed by atoms with Crippen LogP contribution < -0.4 is 10.5 Å². The van der Waals surface area contributed by atoms with Gasteiger partial charge in [-0.15, -0.1) is 0 Å². The Morgan fingerprint density at radius 2 is 2.27 bits per heavy atom. The first-order valence-corrected chi connectivity index (χ1v) is 4.17. The number of hydrogen-bond acceptors (Lipinski definition) is 4. The highest BCUT2D eigenvalue weighted by Gasteiger charge is 2.20. The first-order chi connectivity index (χ1) is 6.97. The van der Waals surface area contributed by atoms with Gasteiger partial charge in [-0.1, -0.05) is 0 Å². The molecule has 0 radical (unpaired) electrons. The number of alkyl halides is 2. The van der Waals surface area contributed by atoms with E-state index >= 15 is 0 Å². The standard InChI is InChI=1S/C8H7ClF2N2O2/c1-15-8-3(5(9)14)2-4(6(10)11)7(12)13-8/h2,6H,1H3,(H2,12,13). The summed E-state index contributed by atoms with van der Waals surface area (Å²) in [5.74, 6) is -0.555. The molecule has 1 aromatic heterocycles. The lowest BCUT2D eigenvalue weighted by Gasteiger charge is -2.08. The van der Waals surface area contributed by atoms with Crippen molar-refractivity contribution in [1.29, 1.82) is 0 Å². The van der Waals surface area contributed by atoms with Crippen LogP contribution in [0.5, 0.6) is 5.88 Å². The summed E-state index contributed by atoms with van der Waals surface area (Å²) in [6.07, 6.45) is -2.82. The largest absolute Gasteiger partial charge is 0.480 e. The molecule has 0 saturated heterocycles. The van der Waals surface area contributed by atoms with E-state index in [2.05, 4.69) is 9.72 Å². The van der Waals surface area contributed by atoms with Crippen LogP contribution in [0.25, 0.3) is 0 Å². The summed E-state index contributed by atoms with van der Waals surface area (Å²) in [6, 6.07) is 0.876. The van der Waals surface area contributed by atoms with E-state index in [1.54, 1.807) is 0 Å². The Hall–Kier alpha value is -1.43. The van der Waals surface area contributed by atoms with E-state index in [9.17, 15) is 13.6 Å². The maximum atomic E-state index is 12.4. The molecule has 1 aromatic rings. The molecule has 1 heterocycles. The Balaban J connectivity index is 3.37. The zero-order valence-corrected chi connectivity index (χ0v) is 8.39. The highest BCUT2D eigenvalue weighted by molar-refractivity contribution is 6.68. The highest BCUT2D eigenvalue weighted by atomic mass is 35.5. The van der Waals surface area contributed by atoms with Crippen molar-refractivity contribution in [1.82, 2.24) is 4.98 Å². The van der Waals surface area contributed by atoms with E-state index in [0.717, 1.165) is 6.07 Å². The van der Waals surface area contributed by atoms with Crippen molar-refractivity contribution in [3.63, 3.8) is 0 Å². The number of anilines is 1. The maximum absolute atomic E-state index is 12.4. The lowest BCUT2D eigenvalue weighted by molar-refractivity contribution is 0.107. The number of carbonyl (C=O) groups is 1. The second-order valence-corrected chi connectivity index (χ2v) is 2.94. The van der Waals surface area contributed by atoms with E-state index < -0.39 is 17.2 Å². The number of pyridine rings is 1. The van der Waals surface area contributed by atoms with Crippen molar-refractivity contribution in [2.24, 2.45) is 0 Å². The summed E-state index contributed by atoms with van der Waals surface area (Å²) in [7, 11) is 1.23. The molecule has 7 heteroatoms. The lowest BCUT2D eigenvalue weighted by Crippen LogP contribution is -2.05. The van der Waals surface area contributed by atoms with Gasteiger partial charge < -0.3 is 10.5 Å². The number of rotatable bonds is 3. The van der Waals surface area contributed by atoms with Crippen molar-refractivity contribution < 1.29 is 18.3 Å². The molecule has 2 N–H and O–H groups in total. The molecule has 4 nitrogen and oxygen atoms in total. The molecule has 15 heavy (non-hydrogen) atoms. The van der Waals surface area contributed by atoms with E-state index in [4.69, 9.17) is 17.3 Å². The van der Waals surface area contributed by atoms with Gasteiger partial charge >= 0.3 is 0 Å². The Morgan fingerprint density at radius 1 is 1.67 bits per heavy atom. The lowest BCUT2D eigenvalue weighted by atomic mass is 10.2. The number of halogens is 3. The first kappa shape index (κ1) is 11.6. The minimum absolute atomic E-state index is 0.170. The third-order valence-electron chi connectivity index (χ3n) is 1.69. The van der Waals surface area contributed by atoms with Crippen LogP contribution in [0.3, 0.4) is 0 Å². The third-order valence-corrected chi connectivity index (χ3v) is 1.89. The molecule has 0 aliphatic heterocycles. The van der Waals surface area contributed by atoms with Gasteiger partial charge in [-0.3, -0.25) is 4.79 Å². The topological polar surface area (TPSA) is 65.2 Å². The monoisotopic (exact) mass is 236 g/mol. The van der Waals surface area contributed by atoms with Gasteiger partial charge in [0.2, 0.25) is 5.88 Å². The number of nitrogens with zero attached hydrogens (tertiary/aromatic N) is 1. The predicted octanol–water partition coefficient (Wildman–Crippen LogP) is 1.99. The van der Waals surface area contributed by atoms with Crippen LogP contribution in [-0.4, -0.2) is 17.3 Å². The third kappa shape index (κ3) is 2.33. The molecule has 0 atom stereocenters. The second-order valence-electron chi connectivity index (χ2n) is 2.59. The van der Waals surface area contributed by atoms with Crippen molar-refractivity contribution in [2.45, 2.75) is 6.43 Å². The number of hydrogen-bond donors (Lipinski definition) is 1. The zero-order chi connectivity index (χ0) is 11.6. The van der Waals surface area contributed by atoms with Gasteiger partial charge in [0, 0.05) is 0 Å². The van der Waals surface area contributed by atoms with Gasteiger partial charge in [0.25, 0.3) is 11.7 Å². The molecule has 0 unspecified atom stereocenters. The first-order valence-electron chi connectivity index (χ1n) is 3.79. The molecule has 0 fully saturated rings. The van der Waals surface area contributed by atoms with Gasteiger partial charge in [0.15, 0.2) is 0 Å². The molecule has 0 bridgehead atoms. The van der Waals surface area contributed by atoms with Crippen molar-refractivity contribution in [2.75, 3.05) is 12.8 Å². The SMILES string of the molecule is COc1nc(N)c(C(F)F)cc1C(=O)Cl. The molecular weight excluding hydrogens is 230 g/mol. The Morgan fingerprint density at radius 3 is 2.67 bits per heavy atom. The fourth-order valence-corrected chi connectivity index (χ4v) is 1.13. The van der Waals surface area contributed by atoms with Crippen LogP contribution in [0.2, 0.25) is 0 Å². The molecule has 0 aliphatic rings. The normalized spacial score (nSPS) is 10.5. The number of nitrogens with two attached hydrogens (primary N) is 1. The summed E-state index contributed by atoms with van der Waals surface area (Å²) in [5.41, 5.74) is 4.47. The number of aromatic nitrogens is 1. The summed E-state index contributed by atoms with van der Waals surface area (Å²) < 4.78 is 29.5. The van der Waals surface area contributed by atoms with Gasteiger partial charge in [0.1, 0.15) is 5.82 Å². The zero-order valence-electron chi connectivity index (χ0n) is 7.63. The molecular formula is C8H7ClF2N2O2. The maximum Gasteiger partial charge on any atom is 0.267 e. The van der Waals surface area contributed by atoms with E-state index in [0.29, 0.717) is 0 Å². The van der Waals surface area contributed by atoms with Crippen molar-refractivity contribution in [3.8, 4) is 5.88 Å². The van der Waals surface area contributed by atoms with Gasteiger partial charge in [-0.25, -0.2) is 8.78 Å². The smallest absolute Gasteiger partial charge is 0.267 e. The minimum Gasteiger partial charge on any atom is -0.480 e. The Labute approximate surface area is 89.0 Å². The molecule has 0 amide bonds. The fourth-order valence-electron chi connectivity index (χ4n) is 0.997. The Bertz CT molecular complexity index is 398. The molecule has 0 aromatic carbocycles. The quantitative estimate of drug-likeness (QED) is 0.815. The summed E-state index contributed by atoms with van der Waals surface area (Å²) in [5, 5.41) is -0.929. The average molecular weight is 237 g/mol. The summed E-state index contributed by atoms with van der Waals surface area (Å²) in [4.78, 5) is 14.4. The van der Waals surface area contributed by atoms with Crippen LogP contribution in [0, 0.1) is 0 Å². The van der Waals surface area contributed by atoms with Crippen LogP contribution in [-0.2, 0) is 0 Å². The molecule has 0 spiro atoms. The summed E-state index contributed by atoms with van der Waals surface area (Å²) in [6.45, 7) is 0. The predicted molar refractivity (Wildman–Crippen MR) is 50.3 cm³/mol. The number of methoxy groups -OCH3 is 1. The van der Waals surface area contributed by atoms with Gasteiger partial charge in [0.05, 0.1) is 18.2 Å². The number of carbonyl (C=O) groups excluding carboxylic acids is 1. The Kier molecular flexibility index (Phi) is 3.41. The van der Waals surface area contributed by atoms with Crippen LogP contribution in [0.15, 0.2) is 6.07 Å². The number of ether oxygens (including phenoxy) is 1. The van der Waals surface area contributed by atoms with Gasteiger partial charge in [-0.05, 0) is 17.7 Å². The van der Waals surface area contributed by atoms with E-state index in [-0.39, 0.29) is 17.3 Å². The van der Waals surface area contributed by atoms with Crippen molar-refractivity contribution in [3.05, 3.63) is 17.2 Å². The molecule has 1 rings (SSSR count). The van der Waals surface area contributed by atoms with E-state index in [1.165, 1.54) is 7.11 Å². The van der Waals surface area contributed by atoms with Crippen molar-refractivity contribution >= 4 is 22.7 Å². The van der Waals surface area contributed by atoms with Gasteiger partial charge in [-0.2, -0.15) is 4.98 Å².